The molecule has 2 bridgehead atoms. The van der Waals surface area contributed by atoms with E-state index >= 15 is 0 Å². The van der Waals surface area contributed by atoms with Crippen molar-refractivity contribution >= 4 is 23.3 Å². The van der Waals surface area contributed by atoms with Crippen molar-refractivity contribution in [1.29, 1.82) is 0 Å². The molecule has 2 amide bonds. The number of carbonyl (C=O) groups is 3. The number of aromatic hydroxyl groups is 1. The zero-order valence-electron chi connectivity index (χ0n) is 19.4. The topological polar surface area (TPSA) is 130 Å². The van der Waals surface area contributed by atoms with Crippen LogP contribution in [0.4, 0.5) is 8.78 Å². The molecule has 12 heteroatoms. The number of ketones is 1. The van der Waals surface area contributed by atoms with Gasteiger partial charge in [0.1, 0.15) is 29.0 Å². The lowest BCUT2D eigenvalue weighted by Crippen LogP contribution is -2.55. The monoisotopic (exact) mass is 500 g/mol. The zero-order chi connectivity index (χ0) is 25.9. The van der Waals surface area contributed by atoms with Crippen molar-refractivity contribution in [2.75, 3.05) is 6.54 Å². The van der Waals surface area contributed by atoms with E-state index in [1.165, 1.54) is 16.4 Å². The van der Waals surface area contributed by atoms with Gasteiger partial charge in [0.05, 0.1) is 0 Å². The van der Waals surface area contributed by atoms with E-state index in [-0.39, 0.29) is 48.3 Å². The van der Waals surface area contributed by atoms with E-state index in [0.29, 0.717) is 12.5 Å². The van der Waals surface area contributed by atoms with Crippen LogP contribution in [0.3, 0.4) is 0 Å². The number of halogens is 2. The molecular formula is C24H22F2N4O6. The normalized spacial score (nSPS) is 24.8. The van der Waals surface area contributed by atoms with E-state index in [0.717, 1.165) is 18.3 Å². The highest BCUT2D eigenvalue weighted by Gasteiger charge is 2.58. The second kappa shape index (κ2) is 8.25. The molecule has 1 aromatic carbocycles. The molecule has 0 saturated carbocycles. The molecule has 1 saturated heterocycles. The number of nitrogens with one attached hydrogen (secondary N) is 1. The number of Topliss-reactive ketones (excluding diaryl/α,β-unsaturated/α-hetero) is 1. The van der Waals surface area contributed by atoms with Gasteiger partial charge in [-0.15, -0.1) is 0 Å². The number of benzene rings is 1. The Kier molecular flexibility index (Phi) is 5.42. The Hall–Kier alpha value is -4.09. The molecule has 3 aliphatic rings. The van der Waals surface area contributed by atoms with Gasteiger partial charge in [0, 0.05) is 43.4 Å². The van der Waals surface area contributed by atoms with Crippen LogP contribution in [0.2, 0.25) is 0 Å². The van der Waals surface area contributed by atoms with E-state index in [9.17, 15) is 33.1 Å². The predicted molar refractivity (Wildman–Crippen MR) is 121 cm³/mol. The molecule has 36 heavy (non-hydrogen) atoms. The first-order chi connectivity index (χ1) is 17.0. The molecular weight excluding hydrogens is 478 g/mol. The Morgan fingerprint density at radius 2 is 2.06 bits per heavy atom. The number of carbonyl (C=O) groups excluding carboxylic acids is 3. The predicted octanol–water partition coefficient (Wildman–Crippen LogP) is 1.66. The van der Waals surface area contributed by atoms with E-state index in [4.69, 9.17) is 4.84 Å². The molecule has 3 aliphatic heterocycles. The van der Waals surface area contributed by atoms with E-state index in [1.54, 1.807) is 6.92 Å². The highest BCUT2D eigenvalue weighted by atomic mass is 19.1. The van der Waals surface area contributed by atoms with E-state index < -0.39 is 51.8 Å². The number of amides is 2. The van der Waals surface area contributed by atoms with Crippen molar-refractivity contribution in [3.05, 3.63) is 63.1 Å². The van der Waals surface area contributed by atoms with Crippen molar-refractivity contribution in [1.82, 2.24) is 14.8 Å². The summed E-state index contributed by atoms with van der Waals surface area (Å²) in [5.74, 6) is -4.55. The molecule has 0 unspecified atom stereocenters. The number of hydrogen-bond acceptors (Lipinski definition) is 7. The van der Waals surface area contributed by atoms with Crippen LogP contribution in [-0.4, -0.2) is 56.1 Å². The molecule has 4 heterocycles. The number of fused-ring (bicyclic) bond motifs is 5. The van der Waals surface area contributed by atoms with Crippen molar-refractivity contribution in [3.8, 4) is 5.75 Å². The number of hydrogen-bond donors (Lipinski definition) is 2. The smallest absolute Gasteiger partial charge is 0.274 e. The molecule has 1 aromatic heterocycles. The second-order valence-corrected chi connectivity index (χ2v) is 9.24. The third-order valence-corrected chi connectivity index (χ3v) is 7.14. The van der Waals surface area contributed by atoms with Gasteiger partial charge >= 0.3 is 0 Å². The molecule has 0 aliphatic carbocycles. The summed E-state index contributed by atoms with van der Waals surface area (Å²) in [6.07, 6.45) is 1.74. The van der Waals surface area contributed by atoms with Gasteiger partial charge in [-0.2, -0.15) is 0 Å². The van der Waals surface area contributed by atoms with Crippen molar-refractivity contribution in [3.63, 3.8) is 0 Å². The molecule has 1 spiro atoms. The standard InChI is InChI=1S/C24H22F2N4O6/c1-11-5-6-24(21(33)12(2)28-36-24)17-10-29(11)23(35)18-20(32)19(31)15(9-30(17)18)22(34)27-8-13-3-4-14(25)7-16(13)26/h3-4,7,9,11,17,32H,5-6,8,10H2,1-2H3,(H,27,34)/t11-,17+,24+/m0/s1. The van der Waals surface area contributed by atoms with Crippen LogP contribution < -0.4 is 10.7 Å². The van der Waals surface area contributed by atoms with Crippen LogP contribution in [0.5, 0.6) is 5.75 Å². The lowest BCUT2D eigenvalue weighted by molar-refractivity contribution is -0.140. The molecule has 5 rings (SSSR count). The molecule has 1 fully saturated rings. The maximum atomic E-state index is 14.0. The molecule has 2 N–H and O–H groups in total. The number of nitrogens with zero attached hydrogens (tertiary/aromatic N) is 3. The van der Waals surface area contributed by atoms with Crippen LogP contribution in [0.15, 0.2) is 34.3 Å². The lowest BCUT2D eigenvalue weighted by atomic mass is 9.83. The minimum absolute atomic E-state index is 0.0212. The minimum Gasteiger partial charge on any atom is -0.503 e. The summed E-state index contributed by atoms with van der Waals surface area (Å²) in [4.78, 5) is 59.4. The molecule has 10 nitrogen and oxygen atoms in total. The number of rotatable bonds is 3. The Balaban J connectivity index is 1.57. The van der Waals surface area contributed by atoms with E-state index in [2.05, 4.69) is 10.5 Å². The highest BCUT2D eigenvalue weighted by molar-refractivity contribution is 6.43. The number of aromatic nitrogens is 1. The first kappa shape index (κ1) is 23.6. The third kappa shape index (κ3) is 3.39. The summed E-state index contributed by atoms with van der Waals surface area (Å²) in [6, 6.07) is 1.65. The molecule has 3 atom stereocenters. The molecule has 188 valence electrons. The Morgan fingerprint density at radius 3 is 2.72 bits per heavy atom. The zero-order valence-corrected chi connectivity index (χ0v) is 19.4. The van der Waals surface area contributed by atoms with Crippen LogP contribution in [0, 0.1) is 11.6 Å². The summed E-state index contributed by atoms with van der Waals surface area (Å²) >= 11 is 0. The summed E-state index contributed by atoms with van der Waals surface area (Å²) in [7, 11) is 0. The van der Waals surface area contributed by atoms with Gasteiger partial charge in [0.2, 0.25) is 16.8 Å². The Morgan fingerprint density at radius 1 is 1.31 bits per heavy atom. The van der Waals surface area contributed by atoms with Crippen molar-refractivity contribution in [2.24, 2.45) is 5.16 Å². The van der Waals surface area contributed by atoms with Gasteiger partial charge < -0.3 is 24.7 Å². The first-order valence-electron chi connectivity index (χ1n) is 11.3. The fraction of sp³-hybridized carbons (Fsp3) is 0.375. The SMILES string of the molecule is CC1=NO[C@@]2(CC[C@H](C)N3C[C@H]2n2cc(C(=O)NCc4ccc(F)cc4F)c(=O)c(O)c2C3=O)C1=O. The maximum Gasteiger partial charge on any atom is 0.274 e. The Labute approximate surface area is 203 Å². The van der Waals surface area contributed by atoms with Gasteiger partial charge in [-0.1, -0.05) is 11.2 Å². The largest absolute Gasteiger partial charge is 0.503 e. The fourth-order valence-corrected chi connectivity index (χ4v) is 5.08. The average molecular weight is 500 g/mol. The number of oxime groups is 1. The molecule has 0 radical (unpaired) electrons. The number of pyridine rings is 1. The van der Waals surface area contributed by atoms with Crippen LogP contribution in [0.1, 0.15) is 59.1 Å². The fourth-order valence-electron chi connectivity index (χ4n) is 5.08. The summed E-state index contributed by atoms with van der Waals surface area (Å²) < 4.78 is 28.4. The second-order valence-electron chi connectivity index (χ2n) is 9.24. The average Bonchev–Trinajstić information content (AvgIpc) is 3.05. The van der Waals surface area contributed by atoms with Gasteiger partial charge in [0.15, 0.2) is 11.4 Å². The molecule has 2 aromatic rings. The Bertz CT molecular complexity index is 1420. The summed E-state index contributed by atoms with van der Waals surface area (Å²) in [5, 5.41) is 17.0. The van der Waals surface area contributed by atoms with Crippen molar-refractivity contribution in [2.45, 2.75) is 50.9 Å². The van der Waals surface area contributed by atoms with Gasteiger partial charge in [-0.05, 0) is 26.3 Å². The van der Waals surface area contributed by atoms with Gasteiger partial charge in [-0.25, -0.2) is 8.78 Å². The summed E-state index contributed by atoms with van der Waals surface area (Å²) in [6.45, 7) is 2.97. The van der Waals surface area contributed by atoms with E-state index in [1.807, 2.05) is 0 Å². The van der Waals surface area contributed by atoms with Crippen LogP contribution in [0.25, 0.3) is 0 Å². The third-order valence-electron chi connectivity index (χ3n) is 7.14. The first-order valence-corrected chi connectivity index (χ1v) is 11.3. The quantitative estimate of drug-likeness (QED) is 0.659. The van der Waals surface area contributed by atoms with Gasteiger partial charge in [-0.3, -0.25) is 19.2 Å². The van der Waals surface area contributed by atoms with Crippen LogP contribution in [-0.2, 0) is 16.2 Å². The highest BCUT2D eigenvalue weighted by Crippen LogP contribution is 2.44. The maximum absolute atomic E-state index is 14.0. The van der Waals surface area contributed by atoms with Gasteiger partial charge in [0.25, 0.3) is 11.8 Å². The summed E-state index contributed by atoms with van der Waals surface area (Å²) in [5.41, 5.74) is -3.32. The minimum atomic E-state index is -1.48. The van der Waals surface area contributed by atoms with Crippen LogP contribution >= 0.6 is 0 Å². The van der Waals surface area contributed by atoms with Crippen molar-refractivity contribution < 1.29 is 33.1 Å². The lowest BCUT2D eigenvalue weighted by Gasteiger charge is -2.41.